The van der Waals surface area contributed by atoms with Gasteiger partial charge < -0.3 is 10.1 Å². The Morgan fingerprint density at radius 3 is 2.73 bits per heavy atom. The van der Waals surface area contributed by atoms with Gasteiger partial charge in [0.15, 0.2) is 0 Å². The van der Waals surface area contributed by atoms with Crippen molar-refractivity contribution in [2.75, 3.05) is 19.5 Å². The second-order valence-corrected chi connectivity index (χ2v) is 7.23. The minimum absolute atomic E-state index is 0.0126. The highest BCUT2D eigenvalue weighted by Gasteiger charge is 2.28. The molecule has 1 fully saturated rings. The Morgan fingerprint density at radius 1 is 1.35 bits per heavy atom. The van der Waals surface area contributed by atoms with Crippen LogP contribution in [0, 0.1) is 0 Å². The number of nitrogens with zero attached hydrogens (tertiary/aromatic N) is 1. The van der Waals surface area contributed by atoms with E-state index in [1.807, 2.05) is 0 Å². The summed E-state index contributed by atoms with van der Waals surface area (Å²) in [5.41, 5.74) is 0.0995. The summed E-state index contributed by atoms with van der Waals surface area (Å²) in [6.07, 6.45) is 3.09. The van der Waals surface area contributed by atoms with Crippen molar-refractivity contribution in [2.24, 2.45) is 0 Å². The molecule has 0 bridgehead atoms. The summed E-state index contributed by atoms with van der Waals surface area (Å²) >= 11 is 0. The van der Waals surface area contributed by atoms with Crippen molar-refractivity contribution in [3.05, 3.63) is 24.0 Å². The van der Waals surface area contributed by atoms with Crippen molar-refractivity contribution in [1.82, 2.24) is 15.6 Å². The van der Waals surface area contributed by atoms with Gasteiger partial charge in [0.2, 0.25) is 11.8 Å². The van der Waals surface area contributed by atoms with Crippen LogP contribution in [0.3, 0.4) is 0 Å². The fourth-order valence-electron chi connectivity index (χ4n) is 2.12. The molecule has 10 nitrogen and oxygen atoms in total. The van der Waals surface area contributed by atoms with E-state index in [0.717, 1.165) is 6.26 Å². The SMILES string of the molecule is CS(=O)(=O)OCCCOc1ccc(C(=O)NC2CCC(=O)NC2=O)nc1. The van der Waals surface area contributed by atoms with Gasteiger partial charge in [-0.2, -0.15) is 8.42 Å². The van der Waals surface area contributed by atoms with Gasteiger partial charge in [0.1, 0.15) is 17.5 Å². The maximum absolute atomic E-state index is 12.1. The molecular weight excluding hydrogens is 366 g/mol. The van der Waals surface area contributed by atoms with Crippen LogP contribution in [0.25, 0.3) is 0 Å². The third-order valence-electron chi connectivity index (χ3n) is 3.37. The molecule has 2 rings (SSSR count). The third-order valence-corrected chi connectivity index (χ3v) is 3.96. The van der Waals surface area contributed by atoms with E-state index in [4.69, 9.17) is 4.74 Å². The molecule has 2 N–H and O–H groups in total. The molecule has 1 aliphatic rings. The average molecular weight is 385 g/mol. The molecule has 0 radical (unpaired) electrons. The van der Waals surface area contributed by atoms with Crippen LogP contribution in [0.4, 0.5) is 0 Å². The third kappa shape index (κ3) is 6.41. The summed E-state index contributed by atoms with van der Waals surface area (Å²) in [5, 5.41) is 4.68. The monoisotopic (exact) mass is 385 g/mol. The van der Waals surface area contributed by atoms with Crippen molar-refractivity contribution < 1.29 is 31.7 Å². The van der Waals surface area contributed by atoms with Gasteiger partial charge in [0.25, 0.3) is 16.0 Å². The van der Waals surface area contributed by atoms with Gasteiger partial charge in [-0.15, -0.1) is 0 Å². The lowest BCUT2D eigenvalue weighted by molar-refractivity contribution is -0.134. The number of ether oxygens (including phenoxy) is 1. The predicted octanol–water partition coefficient (Wildman–Crippen LogP) is -0.638. The largest absolute Gasteiger partial charge is 0.492 e. The van der Waals surface area contributed by atoms with E-state index in [2.05, 4.69) is 19.8 Å². The highest BCUT2D eigenvalue weighted by atomic mass is 32.2. The number of aromatic nitrogens is 1. The van der Waals surface area contributed by atoms with Crippen LogP contribution in [0.15, 0.2) is 18.3 Å². The van der Waals surface area contributed by atoms with Gasteiger partial charge >= 0.3 is 0 Å². The normalized spacial score (nSPS) is 17.5. The zero-order chi connectivity index (χ0) is 19.2. The highest BCUT2D eigenvalue weighted by molar-refractivity contribution is 7.85. The summed E-state index contributed by atoms with van der Waals surface area (Å²) in [4.78, 5) is 38.8. The Bertz CT molecular complexity index is 777. The van der Waals surface area contributed by atoms with Crippen molar-refractivity contribution in [3.8, 4) is 5.75 Å². The van der Waals surface area contributed by atoms with Crippen LogP contribution in [0.5, 0.6) is 5.75 Å². The maximum atomic E-state index is 12.1. The van der Waals surface area contributed by atoms with Gasteiger partial charge in [-0.1, -0.05) is 0 Å². The molecule has 0 saturated carbocycles. The van der Waals surface area contributed by atoms with E-state index in [-0.39, 0.29) is 37.7 Å². The summed E-state index contributed by atoms with van der Waals surface area (Å²) in [7, 11) is -3.46. The molecule has 2 heterocycles. The molecule has 11 heteroatoms. The topological polar surface area (TPSA) is 141 Å². The fraction of sp³-hybridized carbons (Fsp3) is 0.467. The zero-order valence-corrected chi connectivity index (χ0v) is 14.9. The lowest BCUT2D eigenvalue weighted by Gasteiger charge is -2.21. The second kappa shape index (κ2) is 8.72. The molecule has 3 amide bonds. The van der Waals surface area contributed by atoms with Crippen LogP contribution >= 0.6 is 0 Å². The Balaban J connectivity index is 1.78. The van der Waals surface area contributed by atoms with E-state index in [1.54, 1.807) is 0 Å². The molecule has 1 aromatic heterocycles. The highest BCUT2D eigenvalue weighted by Crippen LogP contribution is 2.11. The standard InChI is InChI=1S/C15H19N3O7S/c1-26(22,23)25-8-2-7-24-10-3-4-11(16-9-10)14(20)17-12-5-6-13(19)18-15(12)21/h3-4,9,12H,2,5-8H2,1H3,(H,17,20)(H,18,19,21). The number of nitrogens with one attached hydrogen (secondary N) is 2. The number of rotatable bonds is 8. The number of carbonyl (C=O) groups is 3. The molecule has 1 aromatic rings. The molecule has 0 spiro atoms. The zero-order valence-electron chi connectivity index (χ0n) is 14.1. The van der Waals surface area contributed by atoms with Crippen molar-refractivity contribution >= 4 is 27.8 Å². The molecule has 142 valence electrons. The minimum Gasteiger partial charge on any atom is -0.492 e. The summed E-state index contributed by atoms with van der Waals surface area (Å²) in [6.45, 7) is 0.234. The average Bonchev–Trinajstić information content (AvgIpc) is 2.56. The maximum Gasteiger partial charge on any atom is 0.270 e. The molecule has 0 aromatic carbocycles. The number of piperidine rings is 1. The van der Waals surface area contributed by atoms with Crippen molar-refractivity contribution in [1.29, 1.82) is 0 Å². The lowest BCUT2D eigenvalue weighted by Crippen LogP contribution is -2.52. The first-order chi connectivity index (χ1) is 12.2. The number of pyridine rings is 1. The molecule has 1 atom stereocenters. The van der Waals surface area contributed by atoms with E-state index in [1.165, 1.54) is 18.3 Å². The predicted molar refractivity (Wildman–Crippen MR) is 88.8 cm³/mol. The van der Waals surface area contributed by atoms with Gasteiger partial charge in [0.05, 0.1) is 25.7 Å². The molecular formula is C15H19N3O7S. The summed E-state index contributed by atoms with van der Waals surface area (Å²) in [5.74, 6) is -1.03. The molecule has 1 saturated heterocycles. The number of imide groups is 1. The smallest absolute Gasteiger partial charge is 0.270 e. The van der Waals surface area contributed by atoms with Gasteiger partial charge in [-0.25, -0.2) is 4.98 Å². The Labute approximate surface area is 150 Å². The summed E-state index contributed by atoms with van der Waals surface area (Å²) < 4.78 is 31.5. The van der Waals surface area contributed by atoms with E-state index in [0.29, 0.717) is 12.2 Å². The van der Waals surface area contributed by atoms with Crippen LogP contribution in [-0.4, -0.2) is 56.6 Å². The minimum atomic E-state index is -3.46. The number of amides is 3. The number of hydrogen-bond acceptors (Lipinski definition) is 8. The van der Waals surface area contributed by atoms with E-state index in [9.17, 15) is 22.8 Å². The Morgan fingerprint density at radius 2 is 2.12 bits per heavy atom. The first kappa shape index (κ1) is 19.8. The van der Waals surface area contributed by atoms with Crippen molar-refractivity contribution in [3.63, 3.8) is 0 Å². The van der Waals surface area contributed by atoms with Gasteiger partial charge in [0, 0.05) is 12.8 Å². The lowest BCUT2D eigenvalue weighted by atomic mass is 10.1. The van der Waals surface area contributed by atoms with Crippen LogP contribution in [0.1, 0.15) is 29.8 Å². The van der Waals surface area contributed by atoms with Crippen LogP contribution in [0.2, 0.25) is 0 Å². The quantitative estimate of drug-likeness (QED) is 0.342. The van der Waals surface area contributed by atoms with E-state index < -0.39 is 28.0 Å². The van der Waals surface area contributed by atoms with Crippen LogP contribution in [-0.2, 0) is 23.9 Å². The van der Waals surface area contributed by atoms with Crippen LogP contribution < -0.4 is 15.4 Å². The van der Waals surface area contributed by atoms with Crippen molar-refractivity contribution in [2.45, 2.75) is 25.3 Å². The number of carbonyl (C=O) groups excluding carboxylic acids is 3. The van der Waals surface area contributed by atoms with Gasteiger partial charge in [-0.3, -0.25) is 23.9 Å². The molecule has 26 heavy (non-hydrogen) atoms. The fourth-order valence-corrected chi connectivity index (χ4v) is 2.54. The first-order valence-corrected chi connectivity index (χ1v) is 9.64. The molecule has 0 aliphatic carbocycles. The first-order valence-electron chi connectivity index (χ1n) is 7.82. The summed E-state index contributed by atoms with van der Waals surface area (Å²) in [6, 6.07) is 2.20. The van der Waals surface area contributed by atoms with Gasteiger partial charge in [-0.05, 0) is 18.6 Å². The molecule has 1 aliphatic heterocycles. The van der Waals surface area contributed by atoms with E-state index >= 15 is 0 Å². The Kier molecular flexibility index (Phi) is 6.64. The number of hydrogen-bond donors (Lipinski definition) is 2. The molecule has 1 unspecified atom stereocenters. The second-order valence-electron chi connectivity index (χ2n) is 5.58. The Hall–Kier alpha value is -2.53.